The first-order valence-corrected chi connectivity index (χ1v) is 6.89. The highest BCUT2D eigenvalue weighted by Crippen LogP contribution is 2.27. The SMILES string of the molecule is N#Cc1cc(Oc2cc(F)cc(Br)c2)nc2ccccc12. The van der Waals surface area contributed by atoms with Crippen LogP contribution in [0.15, 0.2) is 53.0 Å². The van der Waals surface area contributed by atoms with E-state index in [0.717, 1.165) is 5.39 Å². The van der Waals surface area contributed by atoms with Gasteiger partial charge in [0.1, 0.15) is 17.6 Å². The summed E-state index contributed by atoms with van der Waals surface area (Å²) in [6, 6.07) is 15.2. The second kappa shape index (κ2) is 5.51. The molecular weight excluding hydrogens is 335 g/mol. The molecule has 2 aromatic carbocycles. The molecule has 3 nitrogen and oxygen atoms in total. The molecule has 0 radical (unpaired) electrons. The molecule has 1 heterocycles. The zero-order chi connectivity index (χ0) is 14.8. The minimum absolute atomic E-state index is 0.253. The Labute approximate surface area is 128 Å². The summed E-state index contributed by atoms with van der Waals surface area (Å²) in [6.45, 7) is 0. The van der Waals surface area contributed by atoms with Crippen molar-refractivity contribution in [1.82, 2.24) is 4.98 Å². The molecule has 3 rings (SSSR count). The van der Waals surface area contributed by atoms with E-state index in [1.807, 2.05) is 18.2 Å². The van der Waals surface area contributed by atoms with Gasteiger partial charge in [-0.15, -0.1) is 0 Å². The number of fused-ring (bicyclic) bond motifs is 1. The van der Waals surface area contributed by atoms with Crippen LogP contribution in [0.1, 0.15) is 5.56 Å². The van der Waals surface area contributed by atoms with Gasteiger partial charge in [-0.2, -0.15) is 5.26 Å². The average molecular weight is 343 g/mol. The van der Waals surface area contributed by atoms with E-state index >= 15 is 0 Å². The third-order valence-electron chi connectivity index (χ3n) is 2.87. The number of halogens is 2. The fourth-order valence-corrected chi connectivity index (χ4v) is 2.45. The van der Waals surface area contributed by atoms with Crippen molar-refractivity contribution in [3.8, 4) is 17.7 Å². The summed E-state index contributed by atoms with van der Waals surface area (Å²) in [5, 5.41) is 9.97. The monoisotopic (exact) mass is 342 g/mol. The zero-order valence-corrected chi connectivity index (χ0v) is 12.3. The highest BCUT2D eigenvalue weighted by molar-refractivity contribution is 9.10. The number of aromatic nitrogens is 1. The fourth-order valence-electron chi connectivity index (χ4n) is 2.00. The van der Waals surface area contributed by atoms with Crippen molar-refractivity contribution < 1.29 is 9.13 Å². The second-order valence-electron chi connectivity index (χ2n) is 4.34. The van der Waals surface area contributed by atoms with Crippen molar-refractivity contribution in [3.05, 3.63) is 64.4 Å². The van der Waals surface area contributed by atoms with Crippen LogP contribution < -0.4 is 4.74 Å². The van der Waals surface area contributed by atoms with Crippen LogP contribution in [0.5, 0.6) is 11.6 Å². The number of nitriles is 1. The predicted molar refractivity (Wildman–Crippen MR) is 80.6 cm³/mol. The molecule has 0 spiro atoms. The Bertz CT molecular complexity index is 854. The number of para-hydroxylation sites is 1. The van der Waals surface area contributed by atoms with Crippen molar-refractivity contribution in [2.45, 2.75) is 0 Å². The molecule has 0 saturated heterocycles. The molecule has 5 heteroatoms. The maximum atomic E-state index is 13.3. The zero-order valence-electron chi connectivity index (χ0n) is 10.7. The Kier molecular flexibility index (Phi) is 3.55. The third-order valence-corrected chi connectivity index (χ3v) is 3.33. The molecule has 1 aromatic heterocycles. The van der Waals surface area contributed by atoms with Crippen molar-refractivity contribution >= 4 is 26.8 Å². The summed E-state index contributed by atoms with van der Waals surface area (Å²) in [4.78, 5) is 4.33. The molecule has 0 aliphatic carbocycles. The van der Waals surface area contributed by atoms with Crippen LogP contribution in [-0.4, -0.2) is 4.98 Å². The van der Waals surface area contributed by atoms with E-state index in [1.165, 1.54) is 12.1 Å². The number of benzene rings is 2. The molecule has 0 saturated carbocycles. The number of ether oxygens (including phenoxy) is 1. The van der Waals surface area contributed by atoms with Gasteiger partial charge < -0.3 is 4.74 Å². The maximum Gasteiger partial charge on any atom is 0.221 e. The largest absolute Gasteiger partial charge is 0.439 e. The molecule has 3 aromatic rings. The molecule has 0 atom stereocenters. The van der Waals surface area contributed by atoms with E-state index < -0.39 is 5.82 Å². The summed E-state index contributed by atoms with van der Waals surface area (Å²) in [5.41, 5.74) is 1.12. The number of nitrogens with zero attached hydrogens (tertiary/aromatic N) is 2. The van der Waals surface area contributed by atoms with Crippen molar-refractivity contribution in [1.29, 1.82) is 5.26 Å². The number of hydrogen-bond donors (Lipinski definition) is 0. The van der Waals surface area contributed by atoms with E-state index in [9.17, 15) is 9.65 Å². The van der Waals surface area contributed by atoms with Crippen LogP contribution in [-0.2, 0) is 0 Å². The van der Waals surface area contributed by atoms with Gasteiger partial charge in [0.25, 0.3) is 0 Å². The van der Waals surface area contributed by atoms with Gasteiger partial charge in [-0.25, -0.2) is 9.37 Å². The molecule has 0 fully saturated rings. The van der Waals surface area contributed by atoms with Crippen LogP contribution in [0, 0.1) is 17.1 Å². The van der Waals surface area contributed by atoms with Crippen LogP contribution in [0.3, 0.4) is 0 Å². The lowest BCUT2D eigenvalue weighted by Crippen LogP contribution is -1.92. The van der Waals surface area contributed by atoms with Crippen LogP contribution in [0.4, 0.5) is 4.39 Å². The Balaban J connectivity index is 2.07. The number of rotatable bonds is 2. The molecule has 0 N–H and O–H groups in total. The van der Waals surface area contributed by atoms with Crippen LogP contribution >= 0.6 is 15.9 Å². The standard InChI is InChI=1S/C16H8BrFN2O/c17-11-6-12(18)8-13(7-11)21-16-5-10(9-19)14-3-1-2-4-15(14)20-16/h1-8H. The van der Waals surface area contributed by atoms with Crippen LogP contribution in [0.25, 0.3) is 10.9 Å². The van der Waals surface area contributed by atoms with Gasteiger partial charge in [0, 0.05) is 22.0 Å². The van der Waals surface area contributed by atoms with Gasteiger partial charge in [-0.3, -0.25) is 0 Å². The topological polar surface area (TPSA) is 45.9 Å². The molecule has 0 amide bonds. The van der Waals surface area contributed by atoms with E-state index in [1.54, 1.807) is 18.2 Å². The molecule has 102 valence electrons. The molecule has 0 bridgehead atoms. The van der Waals surface area contributed by atoms with Gasteiger partial charge in [-0.1, -0.05) is 34.1 Å². The summed E-state index contributed by atoms with van der Waals surface area (Å²) in [5.74, 6) is 0.150. The molecular formula is C16H8BrFN2O. The van der Waals surface area contributed by atoms with E-state index in [-0.39, 0.29) is 5.88 Å². The lowest BCUT2D eigenvalue weighted by molar-refractivity contribution is 0.459. The third kappa shape index (κ3) is 2.86. The normalized spacial score (nSPS) is 10.3. The van der Waals surface area contributed by atoms with Gasteiger partial charge in [-0.05, 0) is 18.2 Å². The lowest BCUT2D eigenvalue weighted by atomic mass is 10.1. The summed E-state index contributed by atoms with van der Waals surface area (Å²) < 4.78 is 19.5. The molecule has 0 aliphatic heterocycles. The van der Waals surface area contributed by atoms with Gasteiger partial charge in [0.2, 0.25) is 5.88 Å². The van der Waals surface area contributed by atoms with Crippen molar-refractivity contribution in [2.24, 2.45) is 0 Å². The fraction of sp³-hybridized carbons (Fsp3) is 0. The van der Waals surface area contributed by atoms with Gasteiger partial charge >= 0.3 is 0 Å². The predicted octanol–water partition coefficient (Wildman–Crippen LogP) is 4.80. The Morgan fingerprint density at radius 3 is 2.71 bits per heavy atom. The minimum Gasteiger partial charge on any atom is -0.439 e. The Hall–Kier alpha value is -2.45. The average Bonchev–Trinajstić information content (AvgIpc) is 2.45. The first kappa shape index (κ1) is 13.5. The first-order chi connectivity index (χ1) is 10.2. The first-order valence-electron chi connectivity index (χ1n) is 6.09. The van der Waals surface area contributed by atoms with Crippen molar-refractivity contribution in [2.75, 3.05) is 0 Å². The summed E-state index contributed by atoms with van der Waals surface area (Å²) in [6.07, 6.45) is 0. The van der Waals surface area contributed by atoms with E-state index in [0.29, 0.717) is 21.3 Å². The Morgan fingerprint density at radius 2 is 1.95 bits per heavy atom. The van der Waals surface area contributed by atoms with E-state index in [4.69, 9.17) is 4.74 Å². The van der Waals surface area contributed by atoms with E-state index in [2.05, 4.69) is 27.0 Å². The highest BCUT2D eigenvalue weighted by Gasteiger charge is 2.08. The molecule has 21 heavy (non-hydrogen) atoms. The van der Waals surface area contributed by atoms with Crippen LogP contribution in [0.2, 0.25) is 0 Å². The lowest BCUT2D eigenvalue weighted by Gasteiger charge is -2.07. The van der Waals surface area contributed by atoms with Gasteiger partial charge in [0.05, 0.1) is 11.1 Å². The molecule has 0 unspecified atom stereocenters. The quantitative estimate of drug-likeness (QED) is 0.671. The highest BCUT2D eigenvalue weighted by atomic mass is 79.9. The van der Waals surface area contributed by atoms with Crippen molar-refractivity contribution in [3.63, 3.8) is 0 Å². The maximum absolute atomic E-state index is 13.3. The summed E-state index contributed by atoms with van der Waals surface area (Å²) >= 11 is 3.20. The molecule has 0 aliphatic rings. The number of pyridine rings is 1. The summed E-state index contributed by atoms with van der Waals surface area (Å²) in [7, 11) is 0. The second-order valence-corrected chi connectivity index (χ2v) is 5.26. The smallest absolute Gasteiger partial charge is 0.221 e. The minimum atomic E-state index is -0.416. The Morgan fingerprint density at radius 1 is 1.14 bits per heavy atom. The van der Waals surface area contributed by atoms with Gasteiger partial charge in [0.15, 0.2) is 0 Å². The number of hydrogen-bond acceptors (Lipinski definition) is 3.